The SMILES string of the molecule is CCOc1ccccc1OCCN(C)CCNCCOC. The zero-order chi connectivity index (χ0) is 15.3. The molecule has 0 saturated heterocycles. The van der Waals surface area contributed by atoms with Crippen molar-refractivity contribution in [1.82, 2.24) is 10.2 Å². The number of methoxy groups -OCH3 is 1. The largest absolute Gasteiger partial charge is 0.490 e. The highest BCUT2D eigenvalue weighted by atomic mass is 16.5. The molecule has 0 aliphatic heterocycles. The Kier molecular flexibility index (Phi) is 9.61. The van der Waals surface area contributed by atoms with Crippen LogP contribution in [0, 0.1) is 0 Å². The van der Waals surface area contributed by atoms with Crippen LogP contribution in [0.3, 0.4) is 0 Å². The van der Waals surface area contributed by atoms with Gasteiger partial charge in [-0.15, -0.1) is 0 Å². The van der Waals surface area contributed by atoms with Gasteiger partial charge in [-0.05, 0) is 26.1 Å². The summed E-state index contributed by atoms with van der Waals surface area (Å²) in [6, 6.07) is 7.79. The van der Waals surface area contributed by atoms with Gasteiger partial charge in [0.1, 0.15) is 6.61 Å². The van der Waals surface area contributed by atoms with E-state index in [1.165, 1.54) is 0 Å². The molecule has 0 amide bonds. The second kappa shape index (κ2) is 11.4. The zero-order valence-corrected chi connectivity index (χ0v) is 13.4. The number of benzene rings is 1. The van der Waals surface area contributed by atoms with Gasteiger partial charge >= 0.3 is 0 Å². The summed E-state index contributed by atoms with van der Waals surface area (Å²) in [5.41, 5.74) is 0. The van der Waals surface area contributed by atoms with Gasteiger partial charge in [-0.2, -0.15) is 0 Å². The second-order valence-corrected chi connectivity index (χ2v) is 4.77. The minimum Gasteiger partial charge on any atom is -0.490 e. The van der Waals surface area contributed by atoms with Crippen molar-refractivity contribution >= 4 is 0 Å². The summed E-state index contributed by atoms with van der Waals surface area (Å²) in [5, 5.41) is 3.32. The first-order chi connectivity index (χ1) is 10.3. The molecule has 0 aromatic heterocycles. The molecule has 5 nitrogen and oxygen atoms in total. The van der Waals surface area contributed by atoms with Gasteiger partial charge in [0.2, 0.25) is 0 Å². The Morgan fingerprint density at radius 3 is 2.38 bits per heavy atom. The Morgan fingerprint density at radius 2 is 1.71 bits per heavy atom. The number of rotatable bonds is 12. The number of ether oxygens (including phenoxy) is 3. The maximum atomic E-state index is 5.80. The van der Waals surface area contributed by atoms with Gasteiger partial charge in [-0.25, -0.2) is 0 Å². The van der Waals surface area contributed by atoms with Crippen molar-refractivity contribution < 1.29 is 14.2 Å². The molecule has 0 aliphatic rings. The fraction of sp³-hybridized carbons (Fsp3) is 0.625. The lowest BCUT2D eigenvalue weighted by molar-refractivity contribution is 0.195. The molecular weight excluding hydrogens is 268 g/mol. The Hall–Kier alpha value is -1.30. The van der Waals surface area contributed by atoms with Crippen LogP contribution in [0.4, 0.5) is 0 Å². The average Bonchev–Trinajstić information content (AvgIpc) is 2.49. The van der Waals surface area contributed by atoms with E-state index in [1.807, 2.05) is 31.2 Å². The minimum absolute atomic E-state index is 0.646. The highest BCUT2D eigenvalue weighted by Gasteiger charge is 2.04. The summed E-state index contributed by atoms with van der Waals surface area (Å²) in [6.07, 6.45) is 0. The number of nitrogens with zero attached hydrogens (tertiary/aromatic N) is 1. The molecule has 0 radical (unpaired) electrons. The molecule has 0 bridgehead atoms. The van der Waals surface area contributed by atoms with E-state index >= 15 is 0 Å². The molecular formula is C16H28N2O3. The average molecular weight is 296 g/mol. The first-order valence-electron chi connectivity index (χ1n) is 7.50. The fourth-order valence-corrected chi connectivity index (χ4v) is 1.84. The number of nitrogens with one attached hydrogen (secondary N) is 1. The molecule has 0 aliphatic carbocycles. The Labute approximate surface area is 128 Å². The van der Waals surface area contributed by atoms with Crippen molar-refractivity contribution in [3.8, 4) is 11.5 Å². The first kappa shape index (κ1) is 17.8. The summed E-state index contributed by atoms with van der Waals surface area (Å²) in [5.74, 6) is 1.62. The van der Waals surface area contributed by atoms with Crippen LogP contribution in [-0.4, -0.2) is 65.1 Å². The highest BCUT2D eigenvalue weighted by Crippen LogP contribution is 2.26. The summed E-state index contributed by atoms with van der Waals surface area (Å²) in [4.78, 5) is 2.24. The third-order valence-corrected chi connectivity index (χ3v) is 3.03. The van der Waals surface area contributed by atoms with Crippen molar-refractivity contribution in [3.05, 3.63) is 24.3 Å². The van der Waals surface area contributed by atoms with Crippen molar-refractivity contribution in [2.75, 3.05) is 60.2 Å². The van der Waals surface area contributed by atoms with E-state index in [9.17, 15) is 0 Å². The Balaban J connectivity index is 2.18. The molecule has 0 spiro atoms. The topological polar surface area (TPSA) is 43.0 Å². The number of para-hydroxylation sites is 2. The molecule has 5 heteroatoms. The molecule has 0 unspecified atom stereocenters. The van der Waals surface area contributed by atoms with Gasteiger partial charge in [-0.3, -0.25) is 0 Å². The van der Waals surface area contributed by atoms with E-state index in [0.717, 1.165) is 44.3 Å². The van der Waals surface area contributed by atoms with Crippen LogP contribution >= 0.6 is 0 Å². The van der Waals surface area contributed by atoms with Crippen LogP contribution < -0.4 is 14.8 Å². The quantitative estimate of drug-likeness (QED) is 0.594. The van der Waals surface area contributed by atoms with E-state index in [2.05, 4.69) is 17.3 Å². The minimum atomic E-state index is 0.646. The van der Waals surface area contributed by atoms with Crippen molar-refractivity contribution in [1.29, 1.82) is 0 Å². The number of hydrogen-bond donors (Lipinski definition) is 1. The summed E-state index contributed by atoms with van der Waals surface area (Å²) in [7, 11) is 3.81. The van der Waals surface area contributed by atoms with Crippen LogP contribution in [0.1, 0.15) is 6.92 Å². The van der Waals surface area contributed by atoms with Crippen LogP contribution in [0.15, 0.2) is 24.3 Å². The summed E-state index contributed by atoms with van der Waals surface area (Å²) in [6.45, 7) is 7.73. The molecule has 1 aromatic carbocycles. The van der Waals surface area contributed by atoms with Crippen LogP contribution in [-0.2, 0) is 4.74 Å². The molecule has 1 N–H and O–H groups in total. The lowest BCUT2D eigenvalue weighted by Crippen LogP contribution is -2.33. The maximum Gasteiger partial charge on any atom is 0.161 e. The van der Waals surface area contributed by atoms with Gasteiger partial charge in [0.15, 0.2) is 11.5 Å². The van der Waals surface area contributed by atoms with E-state index in [1.54, 1.807) is 7.11 Å². The smallest absolute Gasteiger partial charge is 0.161 e. The molecule has 1 aromatic rings. The molecule has 120 valence electrons. The second-order valence-electron chi connectivity index (χ2n) is 4.77. The molecule has 0 saturated carbocycles. The molecule has 21 heavy (non-hydrogen) atoms. The lowest BCUT2D eigenvalue weighted by Gasteiger charge is -2.18. The van der Waals surface area contributed by atoms with Crippen molar-refractivity contribution in [3.63, 3.8) is 0 Å². The maximum absolute atomic E-state index is 5.80. The number of hydrogen-bond acceptors (Lipinski definition) is 5. The molecule has 0 fully saturated rings. The number of likely N-dealkylation sites (N-methyl/N-ethyl adjacent to an activating group) is 1. The predicted molar refractivity (Wildman–Crippen MR) is 85.3 cm³/mol. The zero-order valence-electron chi connectivity index (χ0n) is 13.4. The van der Waals surface area contributed by atoms with Crippen molar-refractivity contribution in [2.24, 2.45) is 0 Å². The Bertz CT molecular complexity index is 374. The van der Waals surface area contributed by atoms with Gasteiger partial charge in [0.05, 0.1) is 13.2 Å². The third kappa shape index (κ3) is 7.90. The first-order valence-corrected chi connectivity index (χ1v) is 7.50. The molecule has 1 rings (SSSR count). The standard InChI is InChI=1S/C16H28N2O3/c1-4-20-15-7-5-6-8-16(15)21-14-12-18(2)11-9-17-10-13-19-3/h5-8,17H,4,9-14H2,1-3H3. The normalized spacial score (nSPS) is 10.9. The third-order valence-electron chi connectivity index (χ3n) is 3.03. The lowest BCUT2D eigenvalue weighted by atomic mass is 10.3. The monoisotopic (exact) mass is 296 g/mol. The summed E-state index contributed by atoms with van der Waals surface area (Å²) >= 11 is 0. The Morgan fingerprint density at radius 1 is 1.00 bits per heavy atom. The fourth-order valence-electron chi connectivity index (χ4n) is 1.84. The molecule has 0 atom stereocenters. The molecule has 0 heterocycles. The predicted octanol–water partition coefficient (Wildman–Crippen LogP) is 1.63. The van der Waals surface area contributed by atoms with E-state index in [4.69, 9.17) is 14.2 Å². The highest BCUT2D eigenvalue weighted by molar-refractivity contribution is 5.39. The summed E-state index contributed by atoms with van der Waals surface area (Å²) < 4.78 is 16.3. The van der Waals surface area contributed by atoms with Crippen molar-refractivity contribution in [2.45, 2.75) is 6.92 Å². The van der Waals surface area contributed by atoms with E-state index < -0.39 is 0 Å². The van der Waals surface area contributed by atoms with Gasteiger partial charge in [0, 0.05) is 33.3 Å². The van der Waals surface area contributed by atoms with Gasteiger partial charge < -0.3 is 24.4 Å². The van der Waals surface area contributed by atoms with Crippen LogP contribution in [0.2, 0.25) is 0 Å². The van der Waals surface area contributed by atoms with E-state index in [0.29, 0.717) is 13.2 Å². The van der Waals surface area contributed by atoms with Crippen LogP contribution in [0.5, 0.6) is 11.5 Å². The van der Waals surface area contributed by atoms with E-state index in [-0.39, 0.29) is 0 Å². The van der Waals surface area contributed by atoms with Gasteiger partial charge in [-0.1, -0.05) is 12.1 Å². The van der Waals surface area contributed by atoms with Gasteiger partial charge in [0.25, 0.3) is 0 Å². The van der Waals surface area contributed by atoms with Crippen LogP contribution in [0.25, 0.3) is 0 Å².